The van der Waals surface area contributed by atoms with Gasteiger partial charge in [0.15, 0.2) is 5.69 Å². The normalized spacial score (nSPS) is 15.8. The maximum Gasteiger partial charge on any atom is 0.276 e. The molecule has 1 aromatic heterocycles. The van der Waals surface area contributed by atoms with Gasteiger partial charge in [0.05, 0.1) is 12.2 Å². The topological polar surface area (TPSA) is 81.9 Å². The summed E-state index contributed by atoms with van der Waals surface area (Å²) in [4.78, 5) is 34.0. The Hall–Kier alpha value is -2.94. The second-order valence-electron chi connectivity index (χ2n) is 7.05. The number of oxazole rings is 1. The smallest absolute Gasteiger partial charge is 0.276 e. The highest BCUT2D eigenvalue weighted by molar-refractivity contribution is 5.95. The largest absolute Gasteiger partial charge is 0.447 e. The number of anilines is 1. The van der Waals surface area contributed by atoms with Crippen molar-refractivity contribution in [3.8, 4) is 0 Å². The van der Waals surface area contributed by atoms with Crippen LogP contribution in [0.4, 0.5) is 10.1 Å². The molecule has 2 amide bonds. The molecule has 2 heterocycles. The van der Waals surface area contributed by atoms with Gasteiger partial charge in [-0.1, -0.05) is 12.1 Å². The number of hydrogen-bond acceptors (Lipinski definition) is 6. The predicted molar refractivity (Wildman–Crippen MR) is 106 cm³/mol. The van der Waals surface area contributed by atoms with Gasteiger partial charge in [-0.3, -0.25) is 14.5 Å². The molecule has 3 rings (SSSR count). The average Bonchev–Trinajstić information content (AvgIpc) is 3.21. The molecule has 156 valence electrons. The Labute approximate surface area is 169 Å². The monoisotopic (exact) mass is 403 g/mol. The Morgan fingerprint density at radius 3 is 2.62 bits per heavy atom. The first-order valence-corrected chi connectivity index (χ1v) is 9.55. The Balaban J connectivity index is 1.55. The van der Waals surface area contributed by atoms with Crippen molar-refractivity contribution in [1.82, 2.24) is 20.1 Å². The Kier molecular flexibility index (Phi) is 6.48. The van der Waals surface area contributed by atoms with Crippen molar-refractivity contribution < 1.29 is 18.4 Å². The molecule has 29 heavy (non-hydrogen) atoms. The maximum atomic E-state index is 13.9. The zero-order chi connectivity index (χ0) is 21.0. The summed E-state index contributed by atoms with van der Waals surface area (Å²) >= 11 is 0. The number of nitrogens with one attached hydrogen (secondary N) is 1. The van der Waals surface area contributed by atoms with Gasteiger partial charge in [-0.15, -0.1) is 0 Å². The summed E-state index contributed by atoms with van der Waals surface area (Å²) < 4.78 is 19.4. The summed E-state index contributed by atoms with van der Waals surface area (Å²) in [6.45, 7) is 4.96. The molecule has 1 atom stereocenters. The van der Waals surface area contributed by atoms with E-state index in [1.807, 2.05) is 11.0 Å². The zero-order valence-electron chi connectivity index (χ0n) is 16.9. The van der Waals surface area contributed by atoms with Gasteiger partial charge in [0.25, 0.3) is 5.91 Å². The molecule has 0 spiro atoms. The Morgan fingerprint density at radius 1 is 1.28 bits per heavy atom. The molecule has 1 fully saturated rings. The molecule has 1 aromatic carbocycles. The molecule has 9 heteroatoms. The Morgan fingerprint density at radius 2 is 1.97 bits per heavy atom. The zero-order valence-corrected chi connectivity index (χ0v) is 16.9. The van der Waals surface area contributed by atoms with E-state index in [1.54, 1.807) is 26.1 Å². The number of nitrogens with zero attached hydrogens (tertiary/aromatic N) is 4. The minimum Gasteiger partial charge on any atom is -0.447 e. The van der Waals surface area contributed by atoms with Crippen molar-refractivity contribution in [2.24, 2.45) is 0 Å². The number of hydrogen-bond donors (Lipinski definition) is 1. The van der Waals surface area contributed by atoms with Gasteiger partial charge < -0.3 is 19.5 Å². The summed E-state index contributed by atoms with van der Waals surface area (Å²) in [5.74, 6) is -0.404. The van der Waals surface area contributed by atoms with E-state index < -0.39 is 6.04 Å². The van der Waals surface area contributed by atoms with Gasteiger partial charge in [-0.25, -0.2) is 9.37 Å². The summed E-state index contributed by atoms with van der Waals surface area (Å²) in [6, 6.07) is 6.16. The molecule has 1 N–H and O–H groups in total. The van der Waals surface area contributed by atoms with Crippen LogP contribution in [0, 0.1) is 5.82 Å². The minimum atomic E-state index is -0.612. The van der Waals surface area contributed by atoms with Crippen LogP contribution in [0.25, 0.3) is 0 Å². The summed E-state index contributed by atoms with van der Waals surface area (Å²) in [6.07, 6.45) is 1.32. The number of amides is 2. The van der Waals surface area contributed by atoms with Crippen molar-refractivity contribution in [2.45, 2.75) is 19.5 Å². The van der Waals surface area contributed by atoms with Crippen molar-refractivity contribution in [1.29, 1.82) is 0 Å². The number of benzene rings is 1. The summed E-state index contributed by atoms with van der Waals surface area (Å²) in [5.41, 5.74) is 0.785. The quantitative estimate of drug-likeness (QED) is 0.784. The summed E-state index contributed by atoms with van der Waals surface area (Å²) in [5, 5.41) is 2.52. The highest BCUT2D eigenvalue weighted by Crippen LogP contribution is 2.20. The molecule has 1 saturated heterocycles. The lowest BCUT2D eigenvalue weighted by Crippen LogP contribution is -2.46. The number of halogens is 1. The second kappa shape index (κ2) is 9.04. The van der Waals surface area contributed by atoms with Crippen LogP contribution in [0.1, 0.15) is 23.3 Å². The first kappa shape index (κ1) is 20.8. The fourth-order valence-electron chi connectivity index (χ4n) is 3.27. The molecule has 1 aliphatic rings. The van der Waals surface area contributed by atoms with E-state index in [0.717, 1.165) is 13.1 Å². The van der Waals surface area contributed by atoms with Gasteiger partial charge in [-0.2, -0.15) is 0 Å². The van der Waals surface area contributed by atoms with Crippen LogP contribution in [-0.4, -0.2) is 72.9 Å². The Bertz CT molecular complexity index is 863. The predicted octanol–water partition coefficient (Wildman–Crippen LogP) is 1.34. The van der Waals surface area contributed by atoms with Crippen LogP contribution < -0.4 is 10.2 Å². The van der Waals surface area contributed by atoms with Crippen molar-refractivity contribution in [3.05, 3.63) is 47.9 Å². The molecule has 2 aromatic rings. The van der Waals surface area contributed by atoms with E-state index in [2.05, 4.69) is 15.2 Å². The third-order valence-electron chi connectivity index (χ3n) is 5.22. The van der Waals surface area contributed by atoms with Crippen molar-refractivity contribution >= 4 is 17.5 Å². The molecule has 1 aliphatic heterocycles. The molecule has 0 unspecified atom stereocenters. The molecule has 0 bridgehead atoms. The van der Waals surface area contributed by atoms with Crippen LogP contribution in [0.15, 0.2) is 34.9 Å². The van der Waals surface area contributed by atoms with E-state index in [9.17, 15) is 14.0 Å². The van der Waals surface area contributed by atoms with E-state index in [-0.39, 0.29) is 23.3 Å². The van der Waals surface area contributed by atoms with E-state index in [4.69, 9.17) is 4.42 Å². The average molecular weight is 403 g/mol. The molecular weight excluding hydrogens is 377 g/mol. The van der Waals surface area contributed by atoms with E-state index >= 15 is 0 Å². The third-order valence-corrected chi connectivity index (χ3v) is 5.22. The number of carbonyl (C=O) groups excluding carboxylic acids is 2. The lowest BCUT2D eigenvalue weighted by atomic mass is 10.2. The first-order valence-electron chi connectivity index (χ1n) is 9.55. The van der Waals surface area contributed by atoms with Crippen LogP contribution in [0.3, 0.4) is 0 Å². The fraction of sp³-hybridized carbons (Fsp3) is 0.450. The fourth-order valence-corrected chi connectivity index (χ4v) is 3.27. The molecule has 0 radical (unpaired) electrons. The minimum absolute atomic E-state index is 0.170. The van der Waals surface area contributed by atoms with Gasteiger partial charge in [-0.05, 0) is 19.1 Å². The molecular formula is C20H26FN5O3. The van der Waals surface area contributed by atoms with Gasteiger partial charge in [0.1, 0.15) is 18.1 Å². The number of aromatic nitrogens is 1. The molecule has 0 aliphatic carbocycles. The first-order chi connectivity index (χ1) is 13.9. The highest BCUT2D eigenvalue weighted by Gasteiger charge is 2.26. The van der Waals surface area contributed by atoms with Crippen LogP contribution in [0.2, 0.25) is 0 Å². The van der Waals surface area contributed by atoms with E-state index in [1.165, 1.54) is 24.3 Å². The van der Waals surface area contributed by atoms with Crippen LogP contribution in [-0.2, 0) is 11.3 Å². The molecule has 8 nitrogen and oxygen atoms in total. The second-order valence-corrected chi connectivity index (χ2v) is 7.05. The third kappa shape index (κ3) is 4.73. The lowest BCUT2D eigenvalue weighted by molar-refractivity contribution is -0.124. The summed E-state index contributed by atoms with van der Waals surface area (Å²) in [7, 11) is 3.08. The van der Waals surface area contributed by atoms with Crippen LogP contribution >= 0.6 is 0 Å². The standard InChI is InChI=1S/C20H26FN5O3/c1-14(19(27)22-2)24(3)20(28)16-13-29-18(23-16)12-25-8-10-26(11-9-25)17-7-5-4-6-15(17)21/h4-7,13-14H,8-12H2,1-3H3,(H,22,27)/t14-/m0/s1. The van der Waals surface area contributed by atoms with Gasteiger partial charge in [0.2, 0.25) is 11.8 Å². The number of rotatable bonds is 6. The number of piperazine rings is 1. The van der Waals surface area contributed by atoms with E-state index in [0.29, 0.717) is 31.2 Å². The SMILES string of the molecule is CNC(=O)[C@H](C)N(C)C(=O)c1coc(CN2CCN(c3ccccc3F)CC2)n1. The van der Waals surface area contributed by atoms with Crippen LogP contribution in [0.5, 0.6) is 0 Å². The number of para-hydroxylation sites is 1. The van der Waals surface area contributed by atoms with Gasteiger partial charge in [0, 0.05) is 40.3 Å². The molecule has 0 saturated carbocycles. The maximum absolute atomic E-state index is 13.9. The lowest BCUT2D eigenvalue weighted by Gasteiger charge is -2.35. The van der Waals surface area contributed by atoms with Gasteiger partial charge >= 0.3 is 0 Å². The van der Waals surface area contributed by atoms with Crippen molar-refractivity contribution in [2.75, 3.05) is 45.2 Å². The van der Waals surface area contributed by atoms with Crippen molar-refractivity contribution in [3.63, 3.8) is 0 Å². The highest BCUT2D eigenvalue weighted by atomic mass is 19.1. The number of likely N-dealkylation sites (N-methyl/N-ethyl adjacent to an activating group) is 2. The number of carbonyl (C=O) groups is 2.